The van der Waals surface area contributed by atoms with Crippen LogP contribution < -0.4 is 0 Å². The molecule has 0 amide bonds. The fourth-order valence-electron chi connectivity index (χ4n) is 1.79. The largest absolute Gasteiger partial charge is 0.280 e. The predicted octanol–water partition coefficient (Wildman–Crippen LogP) is 3.76. The fourth-order valence-corrected chi connectivity index (χ4v) is 1.79. The average molecular weight is 199 g/mol. The zero-order valence-electron chi connectivity index (χ0n) is 8.94. The van der Waals surface area contributed by atoms with Gasteiger partial charge in [0.15, 0.2) is 0 Å². The number of halogens is 2. The van der Waals surface area contributed by atoms with E-state index in [1.54, 1.807) is 6.92 Å². The monoisotopic (exact) mass is 199 g/mol. The first-order chi connectivity index (χ1) is 6.43. The summed E-state index contributed by atoms with van der Waals surface area (Å²) in [7, 11) is 0. The van der Waals surface area contributed by atoms with Crippen LogP contribution in [0.25, 0.3) is 0 Å². The second-order valence-corrected chi connectivity index (χ2v) is 3.83. The van der Waals surface area contributed by atoms with Crippen molar-refractivity contribution in [3.05, 3.63) is 28.6 Å². The summed E-state index contributed by atoms with van der Waals surface area (Å²) in [4.78, 5) is 3.90. The van der Waals surface area contributed by atoms with Gasteiger partial charge in [0.1, 0.15) is 5.69 Å². The molecule has 1 aromatic heterocycles. The Bertz CT molecular complexity index is 332. The standard InChI is InChI=1S/C11H15F2N/c1-6(2)9-7(3)5-8(4)14-10(9)11(12)13/h5-6,11H,1-4H3. The molecule has 0 aliphatic heterocycles. The van der Waals surface area contributed by atoms with Crippen LogP contribution in [0.1, 0.15) is 48.7 Å². The van der Waals surface area contributed by atoms with Crippen molar-refractivity contribution < 1.29 is 8.78 Å². The van der Waals surface area contributed by atoms with Crippen molar-refractivity contribution in [2.45, 2.75) is 40.0 Å². The second kappa shape index (κ2) is 4.03. The van der Waals surface area contributed by atoms with Gasteiger partial charge in [-0.25, -0.2) is 8.78 Å². The van der Waals surface area contributed by atoms with Crippen LogP contribution in [0.15, 0.2) is 6.07 Å². The molecule has 1 aromatic rings. The Balaban J connectivity index is 3.37. The Morgan fingerprint density at radius 3 is 2.21 bits per heavy atom. The third-order valence-corrected chi connectivity index (χ3v) is 2.21. The van der Waals surface area contributed by atoms with Gasteiger partial charge in [0, 0.05) is 5.69 Å². The summed E-state index contributed by atoms with van der Waals surface area (Å²) in [6.07, 6.45) is -2.48. The lowest BCUT2D eigenvalue weighted by Crippen LogP contribution is -2.04. The van der Waals surface area contributed by atoms with E-state index in [1.165, 1.54) is 0 Å². The molecule has 0 aliphatic rings. The summed E-state index contributed by atoms with van der Waals surface area (Å²) in [5, 5.41) is 0. The molecular formula is C11H15F2N. The Morgan fingerprint density at radius 2 is 1.79 bits per heavy atom. The number of nitrogens with zero attached hydrogens (tertiary/aromatic N) is 1. The summed E-state index contributed by atoms with van der Waals surface area (Å²) in [5.41, 5.74) is 2.19. The minimum atomic E-state index is -2.48. The van der Waals surface area contributed by atoms with Crippen molar-refractivity contribution in [3.8, 4) is 0 Å². The predicted molar refractivity (Wildman–Crippen MR) is 52.8 cm³/mol. The molecule has 1 rings (SSSR count). The van der Waals surface area contributed by atoms with E-state index in [9.17, 15) is 8.78 Å². The van der Waals surface area contributed by atoms with Gasteiger partial charge >= 0.3 is 0 Å². The molecule has 0 saturated carbocycles. The summed E-state index contributed by atoms with van der Waals surface area (Å²) in [6.45, 7) is 7.41. The molecule has 0 aromatic carbocycles. The van der Waals surface area contributed by atoms with Crippen LogP contribution >= 0.6 is 0 Å². The van der Waals surface area contributed by atoms with E-state index in [-0.39, 0.29) is 11.6 Å². The van der Waals surface area contributed by atoms with Crippen LogP contribution in [-0.2, 0) is 0 Å². The Hall–Kier alpha value is -0.990. The molecule has 0 fully saturated rings. The molecule has 0 bridgehead atoms. The van der Waals surface area contributed by atoms with E-state index in [0.717, 1.165) is 5.56 Å². The molecular weight excluding hydrogens is 184 g/mol. The summed E-state index contributed by atoms with van der Waals surface area (Å²) in [5.74, 6) is 0.0899. The van der Waals surface area contributed by atoms with Crippen molar-refractivity contribution in [3.63, 3.8) is 0 Å². The first-order valence-corrected chi connectivity index (χ1v) is 4.69. The molecule has 1 heterocycles. The first-order valence-electron chi connectivity index (χ1n) is 4.69. The van der Waals surface area contributed by atoms with Gasteiger partial charge in [0.2, 0.25) is 0 Å². The van der Waals surface area contributed by atoms with Crippen molar-refractivity contribution >= 4 is 0 Å². The number of aromatic nitrogens is 1. The minimum Gasteiger partial charge on any atom is -0.252 e. The van der Waals surface area contributed by atoms with E-state index in [1.807, 2.05) is 26.8 Å². The van der Waals surface area contributed by atoms with Crippen molar-refractivity contribution in [2.75, 3.05) is 0 Å². The molecule has 14 heavy (non-hydrogen) atoms. The zero-order chi connectivity index (χ0) is 10.9. The maximum absolute atomic E-state index is 12.7. The maximum Gasteiger partial charge on any atom is 0.280 e. The normalized spacial score (nSPS) is 11.4. The molecule has 0 radical (unpaired) electrons. The van der Waals surface area contributed by atoms with Crippen LogP contribution in [0, 0.1) is 13.8 Å². The van der Waals surface area contributed by atoms with Crippen molar-refractivity contribution in [2.24, 2.45) is 0 Å². The lowest BCUT2D eigenvalue weighted by molar-refractivity contribution is 0.144. The van der Waals surface area contributed by atoms with Crippen LogP contribution in [0.3, 0.4) is 0 Å². The Morgan fingerprint density at radius 1 is 1.21 bits per heavy atom. The summed E-state index contributed by atoms with van der Waals surface area (Å²) >= 11 is 0. The van der Waals surface area contributed by atoms with Crippen LogP contribution in [0.2, 0.25) is 0 Å². The van der Waals surface area contributed by atoms with Crippen molar-refractivity contribution in [1.82, 2.24) is 4.98 Å². The molecule has 1 nitrogen and oxygen atoms in total. The van der Waals surface area contributed by atoms with Crippen LogP contribution in [0.4, 0.5) is 8.78 Å². The molecule has 0 N–H and O–H groups in total. The number of hydrogen-bond acceptors (Lipinski definition) is 1. The highest BCUT2D eigenvalue weighted by Gasteiger charge is 2.19. The third kappa shape index (κ3) is 2.08. The van der Waals surface area contributed by atoms with Gasteiger partial charge in [-0.1, -0.05) is 13.8 Å². The van der Waals surface area contributed by atoms with Crippen molar-refractivity contribution in [1.29, 1.82) is 0 Å². The van der Waals surface area contributed by atoms with E-state index in [0.29, 0.717) is 11.3 Å². The van der Waals surface area contributed by atoms with Gasteiger partial charge in [0.05, 0.1) is 0 Å². The summed E-state index contributed by atoms with van der Waals surface area (Å²) in [6, 6.07) is 1.85. The molecule has 0 saturated heterocycles. The van der Waals surface area contributed by atoms with E-state index in [4.69, 9.17) is 0 Å². The van der Waals surface area contributed by atoms with Gasteiger partial charge in [-0.15, -0.1) is 0 Å². The lowest BCUT2D eigenvalue weighted by Gasteiger charge is -2.15. The Kier molecular flexibility index (Phi) is 3.19. The highest BCUT2D eigenvalue weighted by molar-refractivity contribution is 5.34. The SMILES string of the molecule is Cc1cc(C)c(C(C)C)c(C(F)F)n1. The smallest absolute Gasteiger partial charge is 0.252 e. The number of alkyl halides is 2. The maximum atomic E-state index is 12.7. The second-order valence-electron chi connectivity index (χ2n) is 3.83. The van der Waals surface area contributed by atoms with Gasteiger partial charge in [-0.2, -0.15) is 0 Å². The highest BCUT2D eigenvalue weighted by Crippen LogP contribution is 2.29. The number of rotatable bonds is 2. The van der Waals surface area contributed by atoms with E-state index in [2.05, 4.69) is 4.98 Å². The number of hydrogen-bond donors (Lipinski definition) is 0. The van der Waals surface area contributed by atoms with Crippen LogP contribution in [0.5, 0.6) is 0 Å². The molecule has 3 heteroatoms. The molecule has 0 unspecified atom stereocenters. The third-order valence-electron chi connectivity index (χ3n) is 2.21. The van der Waals surface area contributed by atoms with Gasteiger partial charge in [-0.3, -0.25) is 4.98 Å². The highest BCUT2D eigenvalue weighted by atomic mass is 19.3. The minimum absolute atomic E-state index is 0.0579. The lowest BCUT2D eigenvalue weighted by atomic mass is 9.96. The Labute approximate surface area is 83.2 Å². The fraction of sp³-hybridized carbons (Fsp3) is 0.545. The molecule has 78 valence electrons. The number of pyridine rings is 1. The zero-order valence-corrected chi connectivity index (χ0v) is 8.94. The van der Waals surface area contributed by atoms with E-state index < -0.39 is 6.43 Å². The molecule has 0 spiro atoms. The van der Waals surface area contributed by atoms with E-state index >= 15 is 0 Å². The molecule has 0 aliphatic carbocycles. The van der Waals surface area contributed by atoms with Gasteiger partial charge in [0.25, 0.3) is 6.43 Å². The van der Waals surface area contributed by atoms with Gasteiger partial charge < -0.3 is 0 Å². The quantitative estimate of drug-likeness (QED) is 0.706. The molecule has 0 atom stereocenters. The van der Waals surface area contributed by atoms with Gasteiger partial charge in [-0.05, 0) is 37.0 Å². The average Bonchev–Trinajstić information content (AvgIpc) is 2.01. The topological polar surface area (TPSA) is 12.9 Å². The summed E-state index contributed by atoms with van der Waals surface area (Å²) < 4.78 is 25.4. The first kappa shape index (κ1) is 11.1. The number of aryl methyl sites for hydroxylation is 2. The van der Waals surface area contributed by atoms with Crippen LogP contribution in [-0.4, -0.2) is 4.98 Å².